The van der Waals surface area contributed by atoms with Crippen molar-refractivity contribution in [1.29, 1.82) is 0 Å². The molecule has 4 heteroatoms. The fourth-order valence-corrected chi connectivity index (χ4v) is 1.72. The van der Waals surface area contributed by atoms with E-state index < -0.39 is 6.09 Å². The molecule has 0 aromatic heterocycles. The van der Waals surface area contributed by atoms with Gasteiger partial charge in [0.25, 0.3) is 0 Å². The summed E-state index contributed by atoms with van der Waals surface area (Å²) >= 11 is 0. The Hall–Kier alpha value is -2.49. The van der Waals surface area contributed by atoms with E-state index >= 15 is 0 Å². The predicted octanol–water partition coefficient (Wildman–Crippen LogP) is 3.58. The molecule has 0 saturated heterocycles. The molecule has 2 aromatic carbocycles. The highest BCUT2D eigenvalue weighted by Gasteiger charge is 2.11. The summed E-state index contributed by atoms with van der Waals surface area (Å²) in [6.07, 6.45) is -0.802. The highest BCUT2D eigenvalue weighted by Crippen LogP contribution is 2.18. The molecule has 4 nitrogen and oxygen atoms in total. The number of amides is 1. The van der Waals surface area contributed by atoms with Gasteiger partial charge in [-0.15, -0.1) is 0 Å². The molecule has 0 spiro atoms. The topological polar surface area (TPSA) is 64.3 Å². The van der Waals surface area contributed by atoms with E-state index in [0.717, 1.165) is 5.56 Å². The molecule has 3 N–H and O–H groups in total. The Morgan fingerprint density at radius 2 is 1.89 bits per heavy atom. The Bertz CT molecular complexity index is 555. The quantitative estimate of drug-likeness (QED) is 0.825. The predicted molar refractivity (Wildman–Crippen MR) is 75.8 cm³/mol. The summed E-state index contributed by atoms with van der Waals surface area (Å²) < 4.78 is 5.29. The highest BCUT2D eigenvalue weighted by atomic mass is 16.6. The van der Waals surface area contributed by atoms with Crippen LogP contribution in [0.25, 0.3) is 0 Å². The van der Waals surface area contributed by atoms with Crippen LogP contribution in [-0.2, 0) is 4.74 Å². The first-order valence-electron chi connectivity index (χ1n) is 6.03. The van der Waals surface area contributed by atoms with Gasteiger partial charge in [0.1, 0.15) is 6.10 Å². The molecule has 1 atom stereocenters. The van der Waals surface area contributed by atoms with Crippen LogP contribution >= 0.6 is 0 Å². The van der Waals surface area contributed by atoms with Crippen molar-refractivity contribution >= 4 is 17.5 Å². The van der Waals surface area contributed by atoms with Crippen molar-refractivity contribution in [1.82, 2.24) is 0 Å². The van der Waals surface area contributed by atoms with Crippen molar-refractivity contribution in [2.75, 3.05) is 11.1 Å². The Morgan fingerprint density at radius 1 is 1.16 bits per heavy atom. The van der Waals surface area contributed by atoms with Gasteiger partial charge < -0.3 is 10.5 Å². The van der Waals surface area contributed by atoms with Gasteiger partial charge in [0.05, 0.1) is 0 Å². The first-order valence-corrected chi connectivity index (χ1v) is 6.03. The van der Waals surface area contributed by atoms with Crippen LogP contribution in [0.1, 0.15) is 18.6 Å². The first-order chi connectivity index (χ1) is 9.15. The van der Waals surface area contributed by atoms with Crippen LogP contribution in [0.15, 0.2) is 54.6 Å². The SMILES string of the molecule is CC(OC(=O)Nc1cccc(N)c1)c1ccccc1. The number of hydrogen-bond acceptors (Lipinski definition) is 3. The lowest BCUT2D eigenvalue weighted by Gasteiger charge is -2.14. The number of ether oxygens (including phenoxy) is 1. The molecule has 1 unspecified atom stereocenters. The standard InChI is InChI=1S/C15H16N2O2/c1-11(12-6-3-2-4-7-12)19-15(18)17-14-9-5-8-13(16)10-14/h2-11H,16H2,1H3,(H,17,18). The van der Waals surface area contributed by atoms with E-state index in [9.17, 15) is 4.79 Å². The number of carbonyl (C=O) groups excluding carboxylic acids is 1. The van der Waals surface area contributed by atoms with Gasteiger partial charge >= 0.3 is 6.09 Å². The summed E-state index contributed by atoms with van der Waals surface area (Å²) in [4.78, 5) is 11.7. The third-order valence-electron chi connectivity index (χ3n) is 2.69. The lowest BCUT2D eigenvalue weighted by atomic mass is 10.1. The van der Waals surface area contributed by atoms with Crippen LogP contribution in [-0.4, -0.2) is 6.09 Å². The maximum absolute atomic E-state index is 11.7. The van der Waals surface area contributed by atoms with Crippen LogP contribution in [0.3, 0.4) is 0 Å². The monoisotopic (exact) mass is 256 g/mol. The first kappa shape index (κ1) is 13.0. The second-order valence-corrected chi connectivity index (χ2v) is 4.21. The minimum Gasteiger partial charge on any atom is -0.441 e. The molecule has 0 radical (unpaired) electrons. The number of rotatable bonds is 3. The second kappa shape index (κ2) is 5.91. The fraction of sp³-hybridized carbons (Fsp3) is 0.133. The molecule has 19 heavy (non-hydrogen) atoms. The molecule has 0 bridgehead atoms. The summed E-state index contributed by atoms with van der Waals surface area (Å²) in [5.74, 6) is 0. The highest BCUT2D eigenvalue weighted by molar-refractivity contribution is 5.85. The van der Waals surface area contributed by atoms with E-state index in [4.69, 9.17) is 10.5 Å². The van der Waals surface area contributed by atoms with Crippen LogP contribution < -0.4 is 11.1 Å². The molecular weight excluding hydrogens is 240 g/mol. The number of anilines is 2. The van der Waals surface area contributed by atoms with Gasteiger partial charge in [-0.1, -0.05) is 36.4 Å². The lowest BCUT2D eigenvalue weighted by molar-refractivity contribution is 0.121. The Labute approximate surface area is 112 Å². The van der Waals surface area contributed by atoms with Gasteiger partial charge in [-0.25, -0.2) is 4.79 Å². The zero-order valence-corrected chi connectivity index (χ0v) is 10.7. The van der Waals surface area contributed by atoms with Crippen LogP contribution in [0.5, 0.6) is 0 Å². The Balaban J connectivity index is 1.95. The van der Waals surface area contributed by atoms with Gasteiger partial charge in [-0.3, -0.25) is 5.32 Å². The van der Waals surface area contributed by atoms with E-state index in [2.05, 4.69) is 5.32 Å². The maximum Gasteiger partial charge on any atom is 0.412 e. The minimum absolute atomic E-state index is 0.303. The van der Waals surface area contributed by atoms with Crippen molar-refractivity contribution in [3.05, 3.63) is 60.2 Å². The largest absolute Gasteiger partial charge is 0.441 e. The molecule has 0 aliphatic carbocycles. The van der Waals surface area contributed by atoms with E-state index in [0.29, 0.717) is 11.4 Å². The number of nitrogens with one attached hydrogen (secondary N) is 1. The number of nitrogens with two attached hydrogens (primary N) is 1. The van der Waals surface area contributed by atoms with Crippen molar-refractivity contribution in [3.63, 3.8) is 0 Å². The molecule has 2 aromatic rings. The second-order valence-electron chi connectivity index (χ2n) is 4.21. The van der Waals surface area contributed by atoms with Crippen molar-refractivity contribution in [2.24, 2.45) is 0 Å². The molecular formula is C15H16N2O2. The van der Waals surface area contributed by atoms with Crippen LogP contribution in [0.4, 0.5) is 16.2 Å². The Morgan fingerprint density at radius 3 is 2.58 bits per heavy atom. The van der Waals surface area contributed by atoms with Gasteiger partial charge in [-0.2, -0.15) is 0 Å². The average Bonchev–Trinajstić information content (AvgIpc) is 2.39. The zero-order valence-electron chi connectivity index (χ0n) is 10.7. The van der Waals surface area contributed by atoms with E-state index in [1.165, 1.54) is 0 Å². The van der Waals surface area contributed by atoms with Gasteiger partial charge in [0.2, 0.25) is 0 Å². The van der Waals surface area contributed by atoms with Crippen molar-refractivity contribution in [2.45, 2.75) is 13.0 Å². The summed E-state index contributed by atoms with van der Waals surface area (Å²) in [6, 6.07) is 16.5. The number of carbonyl (C=O) groups is 1. The number of hydrogen-bond donors (Lipinski definition) is 2. The van der Waals surface area contributed by atoms with Crippen LogP contribution in [0.2, 0.25) is 0 Å². The molecule has 0 fully saturated rings. The summed E-state index contributed by atoms with van der Waals surface area (Å²) in [7, 11) is 0. The summed E-state index contributed by atoms with van der Waals surface area (Å²) in [5.41, 5.74) is 7.79. The molecule has 0 heterocycles. The third kappa shape index (κ3) is 3.74. The van der Waals surface area contributed by atoms with E-state index in [-0.39, 0.29) is 6.10 Å². The minimum atomic E-state index is -0.498. The average molecular weight is 256 g/mol. The normalized spacial score (nSPS) is 11.6. The van der Waals surface area contributed by atoms with Gasteiger partial charge in [-0.05, 0) is 30.7 Å². The Kier molecular flexibility index (Phi) is 4.03. The number of nitrogen functional groups attached to an aromatic ring is 1. The zero-order chi connectivity index (χ0) is 13.7. The number of benzene rings is 2. The molecule has 2 rings (SSSR count). The lowest BCUT2D eigenvalue weighted by Crippen LogP contribution is -2.16. The van der Waals surface area contributed by atoms with Crippen molar-refractivity contribution < 1.29 is 9.53 Å². The van der Waals surface area contributed by atoms with Crippen LogP contribution in [0, 0.1) is 0 Å². The van der Waals surface area contributed by atoms with E-state index in [1.54, 1.807) is 24.3 Å². The summed E-state index contributed by atoms with van der Waals surface area (Å²) in [6.45, 7) is 1.83. The molecule has 1 amide bonds. The molecule has 98 valence electrons. The summed E-state index contributed by atoms with van der Waals surface area (Å²) in [5, 5.41) is 2.64. The fourth-order valence-electron chi connectivity index (χ4n) is 1.72. The molecule has 0 aliphatic rings. The molecule has 0 saturated carbocycles. The maximum atomic E-state index is 11.7. The van der Waals surface area contributed by atoms with Gasteiger partial charge in [0.15, 0.2) is 0 Å². The molecule has 0 aliphatic heterocycles. The smallest absolute Gasteiger partial charge is 0.412 e. The third-order valence-corrected chi connectivity index (χ3v) is 2.69. The van der Waals surface area contributed by atoms with Gasteiger partial charge in [0, 0.05) is 11.4 Å². The van der Waals surface area contributed by atoms with E-state index in [1.807, 2.05) is 37.3 Å². The van der Waals surface area contributed by atoms with Crippen molar-refractivity contribution in [3.8, 4) is 0 Å².